The molecule has 1 amide bonds. The van der Waals surface area contributed by atoms with Gasteiger partial charge in [-0.15, -0.1) is 5.10 Å². The van der Waals surface area contributed by atoms with Crippen LogP contribution in [-0.4, -0.2) is 27.1 Å². The van der Waals surface area contributed by atoms with E-state index in [1.165, 1.54) is 0 Å². The third-order valence-electron chi connectivity index (χ3n) is 2.45. The molecule has 0 aliphatic rings. The van der Waals surface area contributed by atoms with Crippen LogP contribution in [0.2, 0.25) is 0 Å². The molecule has 0 aliphatic carbocycles. The Morgan fingerprint density at radius 2 is 2.06 bits per heavy atom. The fraction of sp³-hybridized carbons (Fsp3) is 0.636. The van der Waals surface area contributed by atoms with Gasteiger partial charge in [0, 0.05) is 12.5 Å². The van der Waals surface area contributed by atoms with E-state index in [9.17, 15) is 4.79 Å². The lowest BCUT2D eigenvalue weighted by Gasteiger charge is -2.09. The number of rotatable bonds is 5. The average Bonchev–Trinajstić information content (AvgIpc) is 2.23. The van der Waals surface area contributed by atoms with E-state index < -0.39 is 0 Å². The van der Waals surface area contributed by atoms with Crippen LogP contribution in [0.25, 0.3) is 0 Å². The highest BCUT2D eigenvalue weighted by atomic mass is 16.1. The molecular weight excluding hydrogens is 218 g/mol. The second kappa shape index (κ2) is 6.24. The van der Waals surface area contributed by atoms with Crippen molar-refractivity contribution in [1.29, 1.82) is 0 Å². The van der Waals surface area contributed by atoms with Crippen molar-refractivity contribution in [3.05, 3.63) is 11.4 Å². The van der Waals surface area contributed by atoms with Gasteiger partial charge < -0.3 is 5.73 Å². The first kappa shape index (κ1) is 13.5. The first-order valence-electron chi connectivity index (χ1n) is 5.76. The zero-order valence-corrected chi connectivity index (χ0v) is 10.5. The lowest BCUT2D eigenvalue weighted by atomic mass is 10.1. The molecule has 0 saturated heterocycles. The normalized spacial score (nSPS) is 12.2. The van der Waals surface area contributed by atoms with E-state index in [4.69, 9.17) is 5.73 Å². The van der Waals surface area contributed by atoms with Gasteiger partial charge in [0.1, 0.15) is 0 Å². The van der Waals surface area contributed by atoms with Gasteiger partial charge in [-0.2, -0.15) is 5.10 Å². The van der Waals surface area contributed by atoms with Gasteiger partial charge in [0.05, 0.1) is 11.4 Å². The van der Waals surface area contributed by atoms with Gasteiger partial charge in [0.15, 0.2) is 0 Å². The zero-order valence-electron chi connectivity index (χ0n) is 10.5. The van der Waals surface area contributed by atoms with Gasteiger partial charge in [0.2, 0.25) is 11.9 Å². The maximum atomic E-state index is 11.6. The summed E-state index contributed by atoms with van der Waals surface area (Å²) in [5.74, 6) is 0.0674. The molecule has 0 aliphatic heterocycles. The van der Waals surface area contributed by atoms with Crippen LogP contribution in [0.1, 0.15) is 37.6 Å². The molecule has 0 bridgehead atoms. The van der Waals surface area contributed by atoms with Gasteiger partial charge in [-0.1, -0.05) is 13.3 Å². The van der Waals surface area contributed by atoms with E-state index in [1.807, 2.05) is 20.8 Å². The maximum absolute atomic E-state index is 11.6. The monoisotopic (exact) mass is 237 g/mol. The van der Waals surface area contributed by atoms with Crippen LogP contribution in [0.4, 0.5) is 5.95 Å². The summed E-state index contributed by atoms with van der Waals surface area (Å²) in [5.41, 5.74) is 7.29. The van der Waals surface area contributed by atoms with Crippen LogP contribution in [0.15, 0.2) is 0 Å². The topological polar surface area (TPSA) is 93.8 Å². The number of nitrogens with two attached hydrogens (primary N) is 1. The summed E-state index contributed by atoms with van der Waals surface area (Å²) >= 11 is 0. The third kappa shape index (κ3) is 4.44. The van der Waals surface area contributed by atoms with Crippen molar-refractivity contribution in [1.82, 2.24) is 15.2 Å². The largest absolute Gasteiger partial charge is 0.327 e. The molecule has 0 radical (unpaired) electrons. The summed E-state index contributed by atoms with van der Waals surface area (Å²) in [6, 6.07) is -0.112. The number of carbonyl (C=O) groups is 1. The van der Waals surface area contributed by atoms with Crippen LogP contribution >= 0.6 is 0 Å². The quantitative estimate of drug-likeness (QED) is 0.795. The summed E-state index contributed by atoms with van der Waals surface area (Å²) in [7, 11) is 0. The van der Waals surface area contributed by atoms with E-state index in [2.05, 4.69) is 20.5 Å². The SMILES string of the molecule is CCCC(N)CC(=O)Nc1nnc(C)c(C)n1. The molecule has 0 spiro atoms. The Balaban J connectivity index is 2.53. The number of nitrogens with one attached hydrogen (secondary N) is 1. The minimum Gasteiger partial charge on any atom is -0.327 e. The second-order valence-corrected chi connectivity index (χ2v) is 4.11. The smallest absolute Gasteiger partial charge is 0.249 e. The van der Waals surface area contributed by atoms with Crippen molar-refractivity contribution < 1.29 is 4.79 Å². The van der Waals surface area contributed by atoms with Crippen LogP contribution < -0.4 is 11.1 Å². The Morgan fingerprint density at radius 1 is 1.35 bits per heavy atom. The zero-order chi connectivity index (χ0) is 12.8. The molecule has 6 heteroatoms. The van der Waals surface area contributed by atoms with Crippen LogP contribution in [0.5, 0.6) is 0 Å². The Kier molecular flexibility index (Phi) is 4.96. The van der Waals surface area contributed by atoms with Crippen LogP contribution in [0.3, 0.4) is 0 Å². The van der Waals surface area contributed by atoms with Crippen molar-refractivity contribution in [2.45, 2.75) is 46.1 Å². The summed E-state index contributed by atoms with van der Waals surface area (Å²) in [4.78, 5) is 15.7. The molecular formula is C11H19N5O. The minimum absolute atomic E-state index is 0.112. The van der Waals surface area contributed by atoms with Crippen LogP contribution in [0, 0.1) is 13.8 Å². The van der Waals surface area contributed by atoms with Crippen molar-refractivity contribution in [2.24, 2.45) is 5.73 Å². The second-order valence-electron chi connectivity index (χ2n) is 4.11. The summed E-state index contributed by atoms with van der Waals surface area (Å²) in [5, 5.41) is 10.3. The van der Waals surface area contributed by atoms with Crippen LogP contribution in [-0.2, 0) is 4.79 Å². The van der Waals surface area contributed by atoms with Gasteiger partial charge in [-0.05, 0) is 20.3 Å². The van der Waals surface area contributed by atoms with Gasteiger partial charge >= 0.3 is 0 Å². The first-order valence-corrected chi connectivity index (χ1v) is 5.76. The van der Waals surface area contributed by atoms with Gasteiger partial charge in [-0.3, -0.25) is 10.1 Å². The fourth-order valence-corrected chi connectivity index (χ4v) is 1.40. The fourth-order valence-electron chi connectivity index (χ4n) is 1.40. The molecule has 94 valence electrons. The average molecular weight is 237 g/mol. The number of aromatic nitrogens is 3. The molecule has 1 rings (SSSR count). The molecule has 0 fully saturated rings. The highest BCUT2D eigenvalue weighted by molar-refractivity contribution is 5.89. The van der Waals surface area contributed by atoms with E-state index >= 15 is 0 Å². The summed E-state index contributed by atoms with van der Waals surface area (Å²) in [6.45, 7) is 5.68. The molecule has 1 atom stereocenters. The predicted octanol–water partition coefficient (Wildman–Crippen LogP) is 0.944. The van der Waals surface area contributed by atoms with Crippen molar-refractivity contribution in [2.75, 3.05) is 5.32 Å². The lowest BCUT2D eigenvalue weighted by molar-refractivity contribution is -0.116. The lowest BCUT2D eigenvalue weighted by Crippen LogP contribution is -2.27. The highest BCUT2D eigenvalue weighted by Gasteiger charge is 2.10. The number of anilines is 1. The van der Waals surface area contributed by atoms with E-state index in [0.29, 0.717) is 0 Å². The molecule has 1 aromatic rings. The molecule has 1 unspecified atom stereocenters. The minimum atomic E-state index is -0.170. The van der Waals surface area contributed by atoms with Crippen molar-refractivity contribution in [3.8, 4) is 0 Å². The molecule has 3 N–H and O–H groups in total. The number of hydrogen-bond donors (Lipinski definition) is 2. The van der Waals surface area contributed by atoms with E-state index in [-0.39, 0.29) is 24.3 Å². The Hall–Kier alpha value is -1.56. The Morgan fingerprint density at radius 3 is 2.65 bits per heavy atom. The first-order chi connectivity index (χ1) is 8.02. The third-order valence-corrected chi connectivity index (χ3v) is 2.45. The molecule has 0 aromatic carbocycles. The molecule has 1 heterocycles. The van der Waals surface area contributed by atoms with Gasteiger partial charge in [-0.25, -0.2) is 4.98 Å². The van der Waals surface area contributed by atoms with E-state index in [0.717, 1.165) is 24.2 Å². The number of carbonyl (C=O) groups excluding carboxylic acids is 1. The molecule has 1 aromatic heterocycles. The van der Waals surface area contributed by atoms with E-state index in [1.54, 1.807) is 0 Å². The van der Waals surface area contributed by atoms with Crippen molar-refractivity contribution >= 4 is 11.9 Å². The summed E-state index contributed by atoms with van der Waals surface area (Å²) < 4.78 is 0. The Labute approximate surface area is 101 Å². The molecule has 0 saturated carbocycles. The predicted molar refractivity (Wildman–Crippen MR) is 65.4 cm³/mol. The van der Waals surface area contributed by atoms with Crippen molar-refractivity contribution in [3.63, 3.8) is 0 Å². The number of amides is 1. The maximum Gasteiger partial charge on any atom is 0.249 e. The highest BCUT2D eigenvalue weighted by Crippen LogP contribution is 2.04. The van der Waals surface area contributed by atoms with Gasteiger partial charge in [0.25, 0.3) is 0 Å². The Bertz CT molecular complexity index is 393. The number of aryl methyl sites for hydroxylation is 2. The molecule has 17 heavy (non-hydrogen) atoms. The number of nitrogens with zero attached hydrogens (tertiary/aromatic N) is 3. The standard InChI is InChI=1S/C11H19N5O/c1-4-5-9(12)6-10(17)14-11-13-7(2)8(3)15-16-11/h9H,4-6,12H2,1-3H3,(H,13,14,16,17). The number of hydrogen-bond acceptors (Lipinski definition) is 5. The molecule has 6 nitrogen and oxygen atoms in total. The summed E-state index contributed by atoms with van der Waals surface area (Å²) in [6.07, 6.45) is 2.08.